The molecule has 0 saturated carbocycles. The molecule has 0 saturated heterocycles. The molecule has 20 heavy (non-hydrogen) atoms. The second kappa shape index (κ2) is 4.26. The van der Waals surface area contributed by atoms with E-state index in [1.165, 1.54) is 5.57 Å². The number of rotatable bonds is 1. The highest BCUT2D eigenvalue weighted by molar-refractivity contribution is 6.32. The van der Waals surface area contributed by atoms with Gasteiger partial charge in [0, 0.05) is 11.6 Å². The van der Waals surface area contributed by atoms with E-state index in [4.69, 9.17) is 11.6 Å². The molecular weight excluding hydrogens is 274 g/mol. The number of aromatic amines is 1. The Morgan fingerprint density at radius 3 is 3.15 bits per heavy atom. The molecule has 3 heterocycles. The van der Waals surface area contributed by atoms with Crippen LogP contribution < -0.4 is 16.2 Å². The van der Waals surface area contributed by atoms with Crippen LogP contribution >= 0.6 is 11.6 Å². The lowest BCUT2D eigenvalue weighted by Crippen LogP contribution is -2.27. The monoisotopic (exact) mass is 287 g/mol. The van der Waals surface area contributed by atoms with Gasteiger partial charge < -0.3 is 15.7 Å². The number of halogens is 1. The number of allylic oxidation sites excluding steroid dienone is 1. The van der Waals surface area contributed by atoms with E-state index in [2.05, 4.69) is 26.1 Å². The molecule has 4 rings (SSSR count). The number of hydrogen-bond acceptors (Lipinski definition) is 4. The predicted octanol–water partition coefficient (Wildman–Crippen LogP) is 2.04. The van der Waals surface area contributed by atoms with Crippen LogP contribution in [0.2, 0.25) is 5.02 Å². The number of fused-ring (bicyclic) bond motifs is 1. The number of nitrogens with one attached hydrogen (secondary N) is 4. The molecule has 2 aliphatic rings. The van der Waals surface area contributed by atoms with E-state index in [1.54, 1.807) is 0 Å². The Bertz CT molecular complexity index is 719. The van der Waals surface area contributed by atoms with Gasteiger partial charge in [-0.05, 0) is 42.5 Å². The number of imidazole rings is 1. The molecule has 1 atom stereocenters. The van der Waals surface area contributed by atoms with Crippen molar-refractivity contribution in [3.05, 3.63) is 52.1 Å². The molecule has 1 unspecified atom stereocenters. The number of H-pyrrole nitrogens is 1. The molecule has 1 aromatic heterocycles. The van der Waals surface area contributed by atoms with Crippen molar-refractivity contribution in [1.29, 1.82) is 0 Å². The van der Waals surface area contributed by atoms with Crippen LogP contribution in [-0.4, -0.2) is 16.5 Å². The number of aromatic nitrogens is 2. The highest BCUT2D eigenvalue weighted by Crippen LogP contribution is 2.29. The van der Waals surface area contributed by atoms with E-state index in [9.17, 15) is 0 Å². The van der Waals surface area contributed by atoms with Crippen LogP contribution in [0.4, 0.5) is 0 Å². The van der Waals surface area contributed by atoms with Crippen molar-refractivity contribution in [2.24, 2.45) is 0 Å². The fraction of sp³-hybridized carbons (Fsp3) is 0.214. The minimum atomic E-state index is 0.0499. The summed E-state index contributed by atoms with van der Waals surface area (Å²) < 4.78 is 0. The van der Waals surface area contributed by atoms with E-state index in [0.717, 1.165) is 39.7 Å². The molecule has 0 fully saturated rings. The first-order chi connectivity index (χ1) is 9.72. The van der Waals surface area contributed by atoms with Gasteiger partial charge in [-0.1, -0.05) is 11.6 Å². The predicted molar refractivity (Wildman–Crippen MR) is 79.0 cm³/mol. The molecule has 0 amide bonds. The zero-order valence-electron chi connectivity index (χ0n) is 10.9. The topological polar surface area (TPSA) is 64.8 Å². The summed E-state index contributed by atoms with van der Waals surface area (Å²) in [6, 6.07) is 3.99. The average molecular weight is 288 g/mol. The SMILES string of the molecule is Cc1cc2[nH]c(C3NNC4=C3CNC=C4)nc2cc1Cl. The van der Waals surface area contributed by atoms with Crippen LogP contribution in [0, 0.1) is 6.92 Å². The molecule has 0 spiro atoms. The summed E-state index contributed by atoms with van der Waals surface area (Å²) in [5, 5.41) is 3.97. The Labute approximate surface area is 121 Å². The minimum absolute atomic E-state index is 0.0499. The first-order valence-electron chi connectivity index (χ1n) is 6.52. The smallest absolute Gasteiger partial charge is 0.130 e. The molecule has 2 aromatic rings. The summed E-state index contributed by atoms with van der Waals surface area (Å²) in [6.07, 6.45) is 3.97. The van der Waals surface area contributed by atoms with Crippen LogP contribution in [0.3, 0.4) is 0 Å². The van der Waals surface area contributed by atoms with Crippen molar-refractivity contribution < 1.29 is 0 Å². The molecule has 4 N–H and O–H groups in total. The lowest BCUT2D eigenvalue weighted by atomic mass is 10.0. The van der Waals surface area contributed by atoms with E-state index in [1.807, 2.05) is 31.3 Å². The van der Waals surface area contributed by atoms with E-state index in [0.29, 0.717) is 0 Å². The Morgan fingerprint density at radius 2 is 2.25 bits per heavy atom. The summed E-state index contributed by atoms with van der Waals surface area (Å²) in [4.78, 5) is 8.04. The van der Waals surface area contributed by atoms with Crippen LogP contribution in [-0.2, 0) is 0 Å². The van der Waals surface area contributed by atoms with E-state index < -0.39 is 0 Å². The number of nitrogens with zero attached hydrogens (tertiary/aromatic N) is 1. The largest absolute Gasteiger partial charge is 0.387 e. The van der Waals surface area contributed by atoms with Crippen molar-refractivity contribution in [1.82, 2.24) is 26.1 Å². The number of dihydropyridines is 1. The zero-order valence-corrected chi connectivity index (χ0v) is 11.7. The molecule has 0 aliphatic carbocycles. The lowest BCUT2D eigenvalue weighted by molar-refractivity contribution is 0.566. The maximum absolute atomic E-state index is 6.16. The van der Waals surface area contributed by atoms with E-state index >= 15 is 0 Å². The van der Waals surface area contributed by atoms with Gasteiger partial charge in [0.15, 0.2) is 0 Å². The molecular formula is C14H14ClN5. The van der Waals surface area contributed by atoms with Crippen molar-refractivity contribution in [2.75, 3.05) is 6.54 Å². The number of aryl methyl sites for hydroxylation is 1. The number of hydrazine groups is 1. The normalized spacial score (nSPS) is 21.0. The summed E-state index contributed by atoms with van der Waals surface area (Å²) in [6.45, 7) is 2.81. The van der Waals surface area contributed by atoms with Crippen molar-refractivity contribution in [3.8, 4) is 0 Å². The molecule has 2 aliphatic heterocycles. The van der Waals surface area contributed by atoms with Crippen LogP contribution in [0.15, 0.2) is 35.7 Å². The van der Waals surface area contributed by atoms with Gasteiger partial charge in [0.25, 0.3) is 0 Å². The second-order valence-corrected chi connectivity index (χ2v) is 5.50. The third-order valence-corrected chi connectivity index (χ3v) is 4.17. The Balaban J connectivity index is 1.79. The lowest BCUT2D eigenvalue weighted by Gasteiger charge is -2.13. The van der Waals surface area contributed by atoms with Crippen molar-refractivity contribution in [2.45, 2.75) is 13.0 Å². The quantitative estimate of drug-likeness (QED) is 0.648. The molecule has 5 nitrogen and oxygen atoms in total. The minimum Gasteiger partial charge on any atom is -0.387 e. The van der Waals surface area contributed by atoms with Crippen LogP contribution in [0.25, 0.3) is 11.0 Å². The third kappa shape index (κ3) is 1.71. The summed E-state index contributed by atoms with van der Waals surface area (Å²) in [5.74, 6) is 0.899. The fourth-order valence-corrected chi connectivity index (χ4v) is 2.82. The first-order valence-corrected chi connectivity index (χ1v) is 6.90. The molecule has 0 radical (unpaired) electrons. The van der Waals surface area contributed by atoms with Gasteiger partial charge in [-0.3, -0.25) is 0 Å². The van der Waals surface area contributed by atoms with Gasteiger partial charge in [0.2, 0.25) is 0 Å². The Kier molecular flexibility index (Phi) is 2.52. The van der Waals surface area contributed by atoms with Gasteiger partial charge in [0.1, 0.15) is 11.9 Å². The molecule has 102 valence electrons. The van der Waals surface area contributed by atoms with Gasteiger partial charge in [0.05, 0.1) is 16.7 Å². The number of hydrogen-bond donors (Lipinski definition) is 4. The fourth-order valence-electron chi connectivity index (χ4n) is 2.66. The summed E-state index contributed by atoms with van der Waals surface area (Å²) in [7, 11) is 0. The zero-order chi connectivity index (χ0) is 13.7. The molecule has 1 aromatic carbocycles. The van der Waals surface area contributed by atoms with Crippen LogP contribution in [0.1, 0.15) is 17.4 Å². The van der Waals surface area contributed by atoms with Gasteiger partial charge >= 0.3 is 0 Å². The van der Waals surface area contributed by atoms with Crippen LogP contribution in [0.5, 0.6) is 0 Å². The summed E-state index contributed by atoms with van der Waals surface area (Å²) >= 11 is 6.16. The standard InChI is InChI=1S/C14H14ClN5/c1-7-4-11-12(5-9(7)15)18-14(17-11)13-8-6-16-3-2-10(8)19-20-13/h2-5,13,16,19-20H,6H2,1H3,(H,17,18). The maximum Gasteiger partial charge on any atom is 0.130 e. The maximum atomic E-state index is 6.16. The Hall–Kier alpha value is -1.98. The van der Waals surface area contributed by atoms with Gasteiger partial charge in [-0.25, -0.2) is 10.4 Å². The second-order valence-electron chi connectivity index (χ2n) is 5.10. The highest BCUT2D eigenvalue weighted by Gasteiger charge is 2.28. The highest BCUT2D eigenvalue weighted by atomic mass is 35.5. The number of benzene rings is 1. The van der Waals surface area contributed by atoms with Gasteiger partial charge in [-0.2, -0.15) is 0 Å². The first kappa shape index (κ1) is 11.8. The van der Waals surface area contributed by atoms with Gasteiger partial charge in [-0.15, -0.1) is 0 Å². The summed E-state index contributed by atoms with van der Waals surface area (Å²) in [5.41, 5.74) is 11.8. The average Bonchev–Trinajstić information content (AvgIpc) is 3.02. The Morgan fingerprint density at radius 1 is 1.35 bits per heavy atom. The van der Waals surface area contributed by atoms with Crippen molar-refractivity contribution >= 4 is 22.6 Å². The van der Waals surface area contributed by atoms with Crippen molar-refractivity contribution in [3.63, 3.8) is 0 Å². The molecule has 6 heteroatoms. The van der Waals surface area contributed by atoms with E-state index in [-0.39, 0.29) is 6.04 Å². The molecule has 0 bridgehead atoms. The third-order valence-electron chi connectivity index (χ3n) is 3.76.